The van der Waals surface area contributed by atoms with E-state index in [0.717, 1.165) is 17.1 Å². The zero-order valence-corrected chi connectivity index (χ0v) is 13.3. The molecule has 0 aromatic carbocycles. The topological polar surface area (TPSA) is 51.2 Å². The molecule has 0 radical (unpaired) electrons. The van der Waals surface area contributed by atoms with Crippen LogP contribution in [0.2, 0.25) is 0 Å². The molecule has 0 aliphatic heterocycles. The highest BCUT2D eigenvalue weighted by Crippen LogP contribution is 2.26. The molecule has 1 unspecified atom stereocenters. The van der Waals surface area contributed by atoms with Crippen molar-refractivity contribution < 1.29 is 9.53 Å². The zero-order valence-electron chi connectivity index (χ0n) is 12.4. The first kappa shape index (κ1) is 16.0. The van der Waals surface area contributed by atoms with Crippen LogP contribution in [0.1, 0.15) is 56.6 Å². The molecule has 1 aromatic rings. The standard InChI is InChI=1S/C14H24N2O2S/c1-6-18-14(17)12-11(5)16-19-13(12)15-10(4)8-7-9(2)3/h9-10,15H,6-8H2,1-5H3. The summed E-state index contributed by atoms with van der Waals surface area (Å²) in [6, 6.07) is 0.329. The van der Waals surface area contributed by atoms with Gasteiger partial charge in [-0.2, -0.15) is 4.37 Å². The number of hydrogen-bond donors (Lipinski definition) is 1. The lowest BCUT2D eigenvalue weighted by atomic mass is 10.0. The van der Waals surface area contributed by atoms with Gasteiger partial charge in [0, 0.05) is 6.04 Å². The van der Waals surface area contributed by atoms with Gasteiger partial charge >= 0.3 is 5.97 Å². The molecule has 108 valence electrons. The highest BCUT2D eigenvalue weighted by molar-refractivity contribution is 7.10. The average molecular weight is 284 g/mol. The van der Waals surface area contributed by atoms with Gasteiger partial charge < -0.3 is 10.1 Å². The molecule has 4 nitrogen and oxygen atoms in total. The van der Waals surface area contributed by atoms with Gasteiger partial charge in [-0.15, -0.1) is 0 Å². The lowest BCUT2D eigenvalue weighted by Crippen LogP contribution is -2.17. The second-order valence-electron chi connectivity index (χ2n) is 5.21. The lowest BCUT2D eigenvalue weighted by Gasteiger charge is -2.15. The van der Waals surface area contributed by atoms with E-state index < -0.39 is 0 Å². The largest absolute Gasteiger partial charge is 0.462 e. The Labute approximate surface area is 119 Å². The second kappa shape index (κ2) is 7.48. The van der Waals surface area contributed by atoms with E-state index in [1.807, 2.05) is 13.8 Å². The van der Waals surface area contributed by atoms with Crippen molar-refractivity contribution in [2.24, 2.45) is 5.92 Å². The number of carbonyl (C=O) groups is 1. The molecule has 0 bridgehead atoms. The van der Waals surface area contributed by atoms with Crippen LogP contribution in [0.5, 0.6) is 0 Å². The normalized spacial score (nSPS) is 12.5. The Kier molecular flexibility index (Phi) is 6.28. The summed E-state index contributed by atoms with van der Waals surface area (Å²) in [7, 11) is 0. The Bertz CT molecular complexity index is 416. The van der Waals surface area contributed by atoms with Crippen molar-refractivity contribution in [2.45, 2.75) is 53.5 Å². The summed E-state index contributed by atoms with van der Waals surface area (Å²) in [5.74, 6) is 0.407. The number of carbonyl (C=O) groups excluding carboxylic acids is 1. The van der Waals surface area contributed by atoms with E-state index in [9.17, 15) is 4.79 Å². The highest BCUT2D eigenvalue weighted by Gasteiger charge is 2.20. The molecule has 1 N–H and O–H groups in total. The maximum absolute atomic E-state index is 11.9. The number of nitrogens with one attached hydrogen (secondary N) is 1. The Balaban J connectivity index is 2.70. The van der Waals surface area contributed by atoms with Crippen LogP contribution < -0.4 is 5.32 Å². The number of aromatic nitrogens is 1. The van der Waals surface area contributed by atoms with E-state index in [1.165, 1.54) is 18.0 Å². The number of esters is 1. The summed E-state index contributed by atoms with van der Waals surface area (Å²) in [4.78, 5) is 11.9. The summed E-state index contributed by atoms with van der Waals surface area (Å²) in [5, 5.41) is 4.21. The fraction of sp³-hybridized carbons (Fsp3) is 0.714. The molecule has 0 saturated heterocycles. The third-order valence-corrected chi connectivity index (χ3v) is 3.77. The van der Waals surface area contributed by atoms with Gasteiger partial charge in [-0.05, 0) is 51.1 Å². The molecule has 0 fully saturated rings. The Morgan fingerprint density at radius 1 is 1.37 bits per heavy atom. The minimum atomic E-state index is -0.285. The number of ether oxygens (including phenoxy) is 1. The Morgan fingerprint density at radius 2 is 2.05 bits per heavy atom. The average Bonchev–Trinajstić information content (AvgIpc) is 2.68. The smallest absolute Gasteiger partial charge is 0.343 e. The van der Waals surface area contributed by atoms with Crippen LogP contribution in [0.4, 0.5) is 5.00 Å². The van der Waals surface area contributed by atoms with Gasteiger partial charge in [-0.1, -0.05) is 13.8 Å². The van der Waals surface area contributed by atoms with Crippen LogP contribution in [0.25, 0.3) is 0 Å². The van der Waals surface area contributed by atoms with E-state index in [4.69, 9.17) is 4.74 Å². The van der Waals surface area contributed by atoms with Crippen LogP contribution in [0.3, 0.4) is 0 Å². The van der Waals surface area contributed by atoms with Crippen LogP contribution in [-0.2, 0) is 4.74 Å². The molecule has 0 aliphatic carbocycles. The van der Waals surface area contributed by atoms with E-state index >= 15 is 0 Å². The SMILES string of the molecule is CCOC(=O)c1c(C)nsc1NC(C)CCC(C)C. The monoisotopic (exact) mass is 284 g/mol. The second-order valence-corrected chi connectivity index (χ2v) is 5.98. The van der Waals surface area contributed by atoms with E-state index in [1.54, 1.807) is 0 Å². The van der Waals surface area contributed by atoms with Gasteiger partial charge in [-0.25, -0.2) is 4.79 Å². The first-order valence-corrected chi connectivity index (χ1v) is 7.62. The molecule has 1 heterocycles. The summed E-state index contributed by atoms with van der Waals surface area (Å²) in [5.41, 5.74) is 1.32. The zero-order chi connectivity index (χ0) is 14.4. The van der Waals surface area contributed by atoms with Crippen molar-refractivity contribution in [3.05, 3.63) is 11.3 Å². The van der Waals surface area contributed by atoms with Crippen molar-refractivity contribution in [1.29, 1.82) is 0 Å². The minimum Gasteiger partial charge on any atom is -0.462 e. The predicted molar refractivity (Wildman–Crippen MR) is 80.0 cm³/mol. The van der Waals surface area contributed by atoms with E-state index in [0.29, 0.717) is 24.1 Å². The quantitative estimate of drug-likeness (QED) is 0.772. The fourth-order valence-electron chi connectivity index (χ4n) is 1.79. The molecule has 1 aromatic heterocycles. The lowest BCUT2D eigenvalue weighted by molar-refractivity contribution is 0.0527. The maximum Gasteiger partial charge on any atom is 0.343 e. The van der Waals surface area contributed by atoms with Gasteiger partial charge in [0.15, 0.2) is 0 Å². The molecule has 0 saturated carbocycles. The van der Waals surface area contributed by atoms with Crippen molar-refractivity contribution in [3.63, 3.8) is 0 Å². The molecule has 19 heavy (non-hydrogen) atoms. The molecule has 0 amide bonds. The summed E-state index contributed by atoms with van der Waals surface area (Å²) < 4.78 is 9.32. The summed E-state index contributed by atoms with van der Waals surface area (Å²) >= 11 is 1.33. The molecule has 0 spiro atoms. The number of nitrogens with zero attached hydrogens (tertiary/aromatic N) is 1. The van der Waals surface area contributed by atoms with Crippen LogP contribution in [-0.4, -0.2) is 23.0 Å². The third kappa shape index (κ3) is 4.82. The molecular weight excluding hydrogens is 260 g/mol. The van der Waals surface area contributed by atoms with Crippen LogP contribution >= 0.6 is 11.5 Å². The minimum absolute atomic E-state index is 0.285. The Hall–Kier alpha value is -1.10. The van der Waals surface area contributed by atoms with Gasteiger partial charge in [0.1, 0.15) is 10.6 Å². The van der Waals surface area contributed by atoms with Gasteiger partial charge in [0.25, 0.3) is 0 Å². The van der Waals surface area contributed by atoms with E-state index in [2.05, 4.69) is 30.5 Å². The molecule has 1 atom stereocenters. The number of anilines is 1. The molecule has 1 rings (SSSR count). The summed E-state index contributed by atoms with van der Waals surface area (Å²) in [6.45, 7) is 10.6. The number of rotatable bonds is 7. The Morgan fingerprint density at radius 3 is 2.63 bits per heavy atom. The maximum atomic E-state index is 11.9. The van der Waals surface area contributed by atoms with Crippen molar-refractivity contribution in [3.8, 4) is 0 Å². The highest BCUT2D eigenvalue weighted by atomic mass is 32.1. The van der Waals surface area contributed by atoms with Gasteiger partial charge in [0.2, 0.25) is 0 Å². The first-order chi connectivity index (χ1) is 8.95. The number of aryl methyl sites for hydroxylation is 1. The van der Waals surface area contributed by atoms with Gasteiger partial charge in [-0.3, -0.25) is 0 Å². The fourth-order valence-corrected chi connectivity index (χ4v) is 2.69. The first-order valence-electron chi connectivity index (χ1n) is 6.85. The summed E-state index contributed by atoms with van der Waals surface area (Å²) in [6.07, 6.45) is 2.25. The van der Waals surface area contributed by atoms with Crippen LogP contribution in [0, 0.1) is 12.8 Å². The molecule has 0 aliphatic rings. The van der Waals surface area contributed by atoms with E-state index in [-0.39, 0.29) is 5.97 Å². The van der Waals surface area contributed by atoms with Crippen molar-refractivity contribution in [2.75, 3.05) is 11.9 Å². The van der Waals surface area contributed by atoms with Crippen molar-refractivity contribution >= 4 is 22.5 Å². The molecule has 5 heteroatoms. The number of hydrogen-bond acceptors (Lipinski definition) is 5. The van der Waals surface area contributed by atoms with Crippen LogP contribution in [0.15, 0.2) is 0 Å². The van der Waals surface area contributed by atoms with Gasteiger partial charge in [0.05, 0.1) is 12.3 Å². The predicted octanol–water partition coefficient (Wildman–Crippen LogP) is 3.86. The van der Waals surface area contributed by atoms with Crippen molar-refractivity contribution in [1.82, 2.24) is 4.37 Å². The third-order valence-electron chi connectivity index (χ3n) is 2.90. The molecular formula is C14H24N2O2S.